The monoisotopic (exact) mass is 585 g/mol. The lowest BCUT2D eigenvalue weighted by Crippen LogP contribution is -2.49. The first-order valence-electron chi connectivity index (χ1n) is 14.2. The second-order valence-corrected chi connectivity index (χ2v) is 10.8. The van der Waals surface area contributed by atoms with E-state index in [0.29, 0.717) is 41.4 Å². The summed E-state index contributed by atoms with van der Waals surface area (Å²) in [5.41, 5.74) is 0.436. The molecule has 0 amide bonds. The van der Waals surface area contributed by atoms with Gasteiger partial charge in [-0.3, -0.25) is 19.5 Å². The van der Waals surface area contributed by atoms with Gasteiger partial charge in [0.1, 0.15) is 5.41 Å². The fourth-order valence-electron chi connectivity index (χ4n) is 5.92. The summed E-state index contributed by atoms with van der Waals surface area (Å²) >= 11 is 0. The SMILES string of the molecule is CCOC(=O)C1(c2ccc(CC(=O)c3cnn(-c4ccc(C(F)(F)F)cn4)c3C)cn2)CCC(N2CCOCC2)CC1. The lowest BCUT2D eigenvalue weighted by molar-refractivity contribution is -0.152. The molecule has 1 saturated carbocycles. The zero-order valence-electron chi connectivity index (χ0n) is 23.7. The molecule has 1 saturated heterocycles. The van der Waals surface area contributed by atoms with Gasteiger partial charge < -0.3 is 9.47 Å². The van der Waals surface area contributed by atoms with Crippen LogP contribution in [0.4, 0.5) is 13.2 Å². The number of Topliss-reactive ketones (excluding diaryl/α,β-unsaturated/α-hetero) is 1. The standard InChI is InChI=1S/C30H34F3N5O4/c1-3-42-28(40)29(10-8-23(9-11-29)37-12-14-41-15-13-37)26-6-4-21(17-34-26)16-25(39)24-19-36-38(20(24)2)27-7-5-22(18-35-27)30(31,32)33/h4-7,17-19,23H,3,8-16H2,1-2H3. The largest absolute Gasteiger partial charge is 0.465 e. The first-order valence-corrected chi connectivity index (χ1v) is 14.2. The van der Waals surface area contributed by atoms with E-state index in [1.54, 1.807) is 20.0 Å². The number of ether oxygens (including phenoxy) is 2. The van der Waals surface area contributed by atoms with Gasteiger partial charge in [0.05, 0.1) is 48.5 Å². The normalized spacial score (nSPS) is 21.7. The number of hydrogen-bond donors (Lipinski definition) is 0. The van der Waals surface area contributed by atoms with E-state index in [0.717, 1.165) is 51.4 Å². The van der Waals surface area contributed by atoms with Crippen LogP contribution >= 0.6 is 0 Å². The molecule has 9 nitrogen and oxygen atoms in total. The summed E-state index contributed by atoms with van der Waals surface area (Å²) in [6.07, 6.45) is 2.30. The van der Waals surface area contributed by atoms with Gasteiger partial charge in [0, 0.05) is 37.9 Å². The van der Waals surface area contributed by atoms with Gasteiger partial charge in [-0.2, -0.15) is 18.3 Å². The molecular weight excluding hydrogens is 551 g/mol. The van der Waals surface area contributed by atoms with Crippen LogP contribution in [0.5, 0.6) is 0 Å². The molecular formula is C30H34F3N5O4. The molecule has 2 aliphatic rings. The molecule has 224 valence electrons. The minimum Gasteiger partial charge on any atom is -0.465 e. The number of morpholine rings is 1. The van der Waals surface area contributed by atoms with Crippen LogP contribution in [-0.4, -0.2) is 75.4 Å². The minimum atomic E-state index is -4.49. The maximum absolute atomic E-state index is 13.3. The van der Waals surface area contributed by atoms with Crippen LogP contribution in [0.3, 0.4) is 0 Å². The van der Waals surface area contributed by atoms with Crippen molar-refractivity contribution in [3.63, 3.8) is 0 Å². The van der Waals surface area contributed by atoms with Crippen molar-refractivity contribution in [1.29, 1.82) is 0 Å². The van der Waals surface area contributed by atoms with Crippen molar-refractivity contribution in [3.8, 4) is 5.82 Å². The van der Waals surface area contributed by atoms with E-state index in [4.69, 9.17) is 9.47 Å². The molecule has 0 unspecified atom stereocenters. The summed E-state index contributed by atoms with van der Waals surface area (Å²) in [7, 11) is 0. The molecule has 3 aromatic rings. The number of alkyl halides is 3. The number of halogens is 3. The highest BCUT2D eigenvalue weighted by Crippen LogP contribution is 2.41. The van der Waals surface area contributed by atoms with Crippen molar-refractivity contribution in [3.05, 3.63) is 70.9 Å². The van der Waals surface area contributed by atoms with E-state index in [9.17, 15) is 22.8 Å². The Hall–Kier alpha value is -3.64. The van der Waals surface area contributed by atoms with Gasteiger partial charge in [0.2, 0.25) is 0 Å². The molecule has 0 spiro atoms. The fourth-order valence-corrected chi connectivity index (χ4v) is 5.92. The minimum absolute atomic E-state index is 0.0474. The van der Waals surface area contributed by atoms with Crippen molar-refractivity contribution < 1.29 is 32.2 Å². The molecule has 42 heavy (non-hydrogen) atoms. The number of ketones is 1. The smallest absolute Gasteiger partial charge is 0.417 e. The number of aromatic nitrogens is 4. The van der Waals surface area contributed by atoms with Crippen molar-refractivity contribution >= 4 is 11.8 Å². The van der Waals surface area contributed by atoms with Crippen molar-refractivity contribution in [2.24, 2.45) is 0 Å². The number of esters is 1. The van der Waals surface area contributed by atoms with Crippen LogP contribution < -0.4 is 0 Å². The third kappa shape index (κ3) is 6.10. The number of carbonyl (C=O) groups is 2. The van der Waals surface area contributed by atoms with E-state index in [1.807, 2.05) is 12.1 Å². The van der Waals surface area contributed by atoms with E-state index in [2.05, 4.69) is 20.0 Å². The molecule has 12 heteroatoms. The van der Waals surface area contributed by atoms with E-state index in [1.165, 1.54) is 16.9 Å². The molecule has 0 atom stereocenters. The third-order valence-electron chi connectivity index (χ3n) is 8.32. The number of nitrogens with zero attached hydrogens (tertiary/aromatic N) is 5. The summed E-state index contributed by atoms with van der Waals surface area (Å²) in [6, 6.07) is 6.17. The average molecular weight is 586 g/mol. The Morgan fingerprint density at radius 3 is 2.38 bits per heavy atom. The molecule has 1 aliphatic heterocycles. The second-order valence-electron chi connectivity index (χ2n) is 10.8. The van der Waals surface area contributed by atoms with Gasteiger partial charge >= 0.3 is 12.1 Å². The molecule has 1 aliphatic carbocycles. The van der Waals surface area contributed by atoms with Crippen LogP contribution in [0, 0.1) is 6.92 Å². The summed E-state index contributed by atoms with van der Waals surface area (Å²) in [6.45, 7) is 7.01. The molecule has 0 radical (unpaired) electrons. The molecule has 0 aromatic carbocycles. The van der Waals surface area contributed by atoms with Crippen LogP contribution in [0.25, 0.3) is 5.82 Å². The van der Waals surface area contributed by atoms with Gasteiger partial charge in [-0.1, -0.05) is 6.07 Å². The number of carbonyl (C=O) groups excluding carboxylic acids is 2. The van der Waals surface area contributed by atoms with Crippen LogP contribution in [0.2, 0.25) is 0 Å². The molecule has 4 heterocycles. The quantitative estimate of drug-likeness (QED) is 0.282. The maximum Gasteiger partial charge on any atom is 0.417 e. The van der Waals surface area contributed by atoms with Gasteiger partial charge in [-0.15, -0.1) is 0 Å². The third-order valence-corrected chi connectivity index (χ3v) is 8.32. The Kier molecular flexibility index (Phi) is 8.74. The summed E-state index contributed by atoms with van der Waals surface area (Å²) in [5.74, 6) is -0.300. The fraction of sp³-hybridized carbons (Fsp3) is 0.500. The molecule has 5 rings (SSSR count). The van der Waals surface area contributed by atoms with Crippen molar-refractivity contribution in [1.82, 2.24) is 24.6 Å². The Balaban J connectivity index is 1.29. The number of pyridine rings is 2. The molecule has 0 N–H and O–H groups in total. The topological polar surface area (TPSA) is 99.4 Å². The molecule has 3 aromatic heterocycles. The zero-order valence-corrected chi connectivity index (χ0v) is 23.7. The highest BCUT2D eigenvalue weighted by atomic mass is 19.4. The first kappa shape index (κ1) is 29.8. The lowest BCUT2D eigenvalue weighted by atomic mass is 9.69. The van der Waals surface area contributed by atoms with Gasteiger partial charge in [0.15, 0.2) is 11.6 Å². The predicted molar refractivity (Wildman–Crippen MR) is 146 cm³/mol. The summed E-state index contributed by atoms with van der Waals surface area (Å²) < 4.78 is 51.0. The van der Waals surface area contributed by atoms with Crippen LogP contribution in [-0.2, 0) is 32.3 Å². The predicted octanol–water partition coefficient (Wildman–Crippen LogP) is 4.49. The van der Waals surface area contributed by atoms with Gasteiger partial charge in [-0.05, 0) is 63.3 Å². The lowest BCUT2D eigenvalue weighted by Gasteiger charge is -2.42. The summed E-state index contributed by atoms with van der Waals surface area (Å²) in [4.78, 5) is 37.4. The number of rotatable bonds is 8. The van der Waals surface area contributed by atoms with Gasteiger partial charge in [-0.25, -0.2) is 9.67 Å². The van der Waals surface area contributed by atoms with E-state index in [-0.39, 0.29) is 30.6 Å². The Morgan fingerprint density at radius 1 is 1.05 bits per heavy atom. The Labute approximate surface area is 242 Å². The second kappa shape index (κ2) is 12.3. The van der Waals surface area contributed by atoms with E-state index >= 15 is 0 Å². The molecule has 0 bridgehead atoms. The Bertz CT molecular complexity index is 1390. The Morgan fingerprint density at radius 2 is 1.79 bits per heavy atom. The van der Waals surface area contributed by atoms with Gasteiger partial charge in [0.25, 0.3) is 0 Å². The van der Waals surface area contributed by atoms with E-state index < -0.39 is 17.2 Å². The van der Waals surface area contributed by atoms with Crippen molar-refractivity contribution in [2.45, 2.75) is 63.6 Å². The number of hydrogen-bond acceptors (Lipinski definition) is 8. The summed E-state index contributed by atoms with van der Waals surface area (Å²) in [5, 5.41) is 4.18. The van der Waals surface area contributed by atoms with Crippen LogP contribution in [0.15, 0.2) is 42.9 Å². The highest BCUT2D eigenvalue weighted by Gasteiger charge is 2.46. The average Bonchev–Trinajstić information content (AvgIpc) is 3.39. The zero-order chi connectivity index (χ0) is 29.9. The highest BCUT2D eigenvalue weighted by molar-refractivity contribution is 5.98. The van der Waals surface area contributed by atoms with Crippen LogP contribution in [0.1, 0.15) is 65.5 Å². The maximum atomic E-state index is 13.3. The van der Waals surface area contributed by atoms with Crippen molar-refractivity contribution in [2.75, 3.05) is 32.9 Å². The molecule has 2 fully saturated rings. The first-order chi connectivity index (χ1) is 20.1.